The fraction of sp³-hybridized carbons (Fsp3) is 0.167. The van der Waals surface area contributed by atoms with E-state index in [0.717, 1.165) is 27.8 Å². The number of halogens is 3. The molecule has 0 aliphatic carbocycles. The Bertz CT molecular complexity index is 1160. The molecule has 0 amide bonds. The topological polar surface area (TPSA) is 47.0 Å². The fourth-order valence-electron chi connectivity index (χ4n) is 3.10. The second-order valence-electron chi connectivity index (χ2n) is 7.09. The van der Waals surface area contributed by atoms with Crippen LogP contribution in [0.4, 0.5) is 18.9 Å². The summed E-state index contributed by atoms with van der Waals surface area (Å²) in [4.78, 5) is 8.47. The number of hydrogen-bond donors (Lipinski definition) is 1. The number of nitrogens with one attached hydrogen (secondary N) is 1. The quantitative estimate of drug-likeness (QED) is 0.319. The first-order chi connectivity index (χ1) is 15.4. The maximum Gasteiger partial charge on any atom is 0.394 e. The van der Waals surface area contributed by atoms with Gasteiger partial charge in [0.2, 0.25) is 0 Å². The molecule has 0 aliphatic rings. The van der Waals surface area contributed by atoms with E-state index in [2.05, 4.69) is 15.3 Å². The van der Waals surface area contributed by atoms with Crippen molar-refractivity contribution >= 4 is 17.0 Å². The summed E-state index contributed by atoms with van der Waals surface area (Å²) in [5.41, 5.74) is 2.49. The van der Waals surface area contributed by atoms with Gasteiger partial charge in [-0.1, -0.05) is 30.3 Å². The van der Waals surface area contributed by atoms with Crippen LogP contribution in [0.25, 0.3) is 10.6 Å². The van der Waals surface area contributed by atoms with Crippen LogP contribution >= 0.6 is 11.3 Å². The maximum atomic E-state index is 12.5. The molecule has 0 saturated carbocycles. The minimum atomic E-state index is -4.27. The van der Waals surface area contributed by atoms with Crippen molar-refractivity contribution in [3.05, 3.63) is 89.7 Å². The molecule has 0 bridgehead atoms. The Hall–Kier alpha value is -3.39. The third kappa shape index (κ3) is 6.31. The van der Waals surface area contributed by atoms with Crippen LogP contribution in [0.1, 0.15) is 11.4 Å². The first-order valence-electron chi connectivity index (χ1n) is 9.98. The van der Waals surface area contributed by atoms with E-state index in [1.165, 1.54) is 12.3 Å². The summed E-state index contributed by atoms with van der Waals surface area (Å²) in [6.07, 6.45) is -3.28. The molecule has 1 N–H and O–H groups in total. The van der Waals surface area contributed by atoms with E-state index >= 15 is 0 Å². The van der Waals surface area contributed by atoms with Gasteiger partial charge in [-0.15, -0.1) is 11.3 Å². The van der Waals surface area contributed by atoms with Gasteiger partial charge in [-0.3, -0.25) is 4.98 Å². The molecule has 0 aliphatic heterocycles. The van der Waals surface area contributed by atoms with Crippen molar-refractivity contribution in [1.82, 2.24) is 9.97 Å². The lowest BCUT2D eigenvalue weighted by Crippen LogP contribution is -2.13. The van der Waals surface area contributed by atoms with Gasteiger partial charge in [0, 0.05) is 35.8 Å². The molecule has 4 aromatic rings. The van der Waals surface area contributed by atoms with E-state index in [-0.39, 0.29) is 5.69 Å². The van der Waals surface area contributed by atoms with E-state index in [1.54, 1.807) is 17.4 Å². The molecule has 2 aromatic carbocycles. The Kier molecular flexibility index (Phi) is 6.70. The number of anilines is 1. The van der Waals surface area contributed by atoms with Gasteiger partial charge in [0.1, 0.15) is 16.5 Å². The third-order valence-electron chi connectivity index (χ3n) is 4.52. The molecule has 2 aromatic heterocycles. The number of para-hydroxylation sites is 1. The van der Waals surface area contributed by atoms with Gasteiger partial charge in [-0.05, 0) is 36.4 Å². The number of nitrogens with zero attached hydrogens (tertiary/aromatic N) is 2. The molecule has 0 atom stereocenters. The van der Waals surface area contributed by atoms with Crippen molar-refractivity contribution in [1.29, 1.82) is 0 Å². The highest BCUT2D eigenvalue weighted by molar-refractivity contribution is 7.13. The molecule has 8 heteroatoms. The Labute approximate surface area is 187 Å². The van der Waals surface area contributed by atoms with Gasteiger partial charge >= 0.3 is 6.18 Å². The van der Waals surface area contributed by atoms with Crippen molar-refractivity contribution in [3.63, 3.8) is 0 Å². The standard InChI is InChI=1S/C24H20F3N3OS/c25-24(26,27)15-20-14-18(9-11-29-20)28-12-10-19-16-32-23(30-19)17-5-4-8-22(13-17)31-21-6-2-1-3-7-21/h1-9,11,13-14,16H,10,12,15H2,(H,28,29). The average molecular weight is 456 g/mol. The minimum Gasteiger partial charge on any atom is -0.457 e. The Morgan fingerprint density at radius 3 is 2.53 bits per heavy atom. The van der Waals surface area contributed by atoms with Crippen LogP contribution < -0.4 is 10.1 Å². The summed E-state index contributed by atoms with van der Waals surface area (Å²) in [6.45, 7) is 0.551. The smallest absolute Gasteiger partial charge is 0.394 e. The number of rotatable bonds is 8. The van der Waals surface area contributed by atoms with E-state index in [4.69, 9.17) is 4.74 Å². The zero-order chi connectivity index (χ0) is 22.4. The Balaban J connectivity index is 1.35. The number of pyridine rings is 1. The zero-order valence-corrected chi connectivity index (χ0v) is 17.8. The maximum absolute atomic E-state index is 12.5. The monoisotopic (exact) mass is 455 g/mol. The molecule has 0 radical (unpaired) electrons. The van der Waals surface area contributed by atoms with Crippen molar-refractivity contribution < 1.29 is 17.9 Å². The van der Waals surface area contributed by atoms with Gasteiger partial charge in [0.15, 0.2) is 0 Å². The van der Waals surface area contributed by atoms with Crippen LogP contribution in [-0.2, 0) is 12.8 Å². The van der Waals surface area contributed by atoms with Crippen LogP contribution in [0.5, 0.6) is 11.5 Å². The lowest BCUT2D eigenvalue weighted by Gasteiger charge is -2.09. The second kappa shape index (κ2) is 9.82. The highest BCUT2D eigenvalue weighted by Gasteiger charge is 2.28. The van der Waals surface area contributed by atoms with Crippen LogP contribution in [0.2, 0.25) is 0 Å². The van der Waals surface area contributed by atoms with Crippen LogP contribution in [0.15, 0.2) is 78.3 Å². The van der Waals surface area contributed by atoms with Crippen molar-refractivity contribution in [2.45, 2.75) is 19.0 Å². The van der Waals surface area contributed by atoms with Gasteiger partial charge in [-0.25, -0.2) is 4.98 Å². The molecule has 0 saturated heterocycles. The number of thiazole rings is 1. The molecule has 0 fully saturated rings. The van der Waals surface area contributed by atoms with Crippen LogP contribution in [0, 0.1) is 0 Å². The van der Waals surface area contributed by atoms with E-state index in [9.17, 15) is 13.2 Å². The number of aromatic nitrogens is 2. The van der Waals surface area contributed by atoms with Crippen LogP contribution in [0.3, 0.4) is 0 Å². The molecular weight excluding hydrogens is 435 g/mol. The predicted molar refractivity (Wildman–Crippen MR) is 120 cm³/mol. The lowest BCUT2D eigenvalue weighted by molar-refractivity contribution is -0.127. The van der Waals surface area contributed by atoms with E-state index in [0.29, 0.717) is 18.7 Å². The van der Waals surface area contributed by atoms with E-state index in [1.807, 2.05) is 60.0 Å². The molecule has 4 nitrogen and oxygen atoms in total. The largest absolute Gasteiger partial charge is 0.457 e. The van der Waals surface area contributed by atoms with Crippen LogP contribution in [-0.4, -0.2) is 22.7 Å². The molecule has 0 spiro atoms. The summed E-state index contributed by atoms with van der Waals surface area (Å²) in [7, 11) is 0. The summed E-state index contributed by atoms with van der Waals surface area (Å²) >= 11 is 1.54. The number of ether oxygens (including phenoxy) is 1. The Morgan fingerprint density at radius 1 is 0.906 bits per heavy atom. The predicted octanol–water partition coefficient (Wildman–Crippen LogP) is 6.76. The molecular formula is C24H20F3N3OS. The van der Waals surface area contributed by atoms with Gasteiger partial charge in [0.25, 0.3) is 0 Å². The summed E-state index contributed by atoms with van der Waals surface area (Å²) < 4.78 is 43.5. The highest BCUT2D eigenvalue weighted by Crippen LogP contribution is 2.29. The first-order valence-corrected chi connectivity index (χ1v) is 10.9. The number of alkyl halides is 3. The zero-order valence-electron chi connectivity index (χ0n) is 17.0. The molecule has 32 heavy (non-hydrogen) atoms. The third-order valence-corrected chi connectivity index (χ3v) is 5.46. The number of hydrogen-bond acceptors (Lipinski definition) is 5. The van der Waals surface area contributed by atoms with Gasteiger partial charge < -0.3 is 10.1 Å². The SMILES string of the molecule is FC(F)(F)Cc1cc(NCCc2csc(-c3cccc(Oc4ccccc4)c3)n2)ccn1. The first kappa shape index (κ1) is 21.8. The van der Waals surface area contributed by atoms with Gasteiger partial charge in [-0.2, -0.15) is 13.2 Å². The Morgan fingerprint density at radius 2 is 1.72 bits per heavy atom. The number of benzene rings is 2. The second-order valence-corrected chi connectivity index (χ2v) is 7.95. The molecule has 4 rings (SSSR count). The van der Waals surface area contributed by atoms with Gasteiger partial charge in [0.05, 0.1) is 17.8 Å². The van der Waals surface area contributed by atoms with Crippen molar-refractivity contribution in [2.24, 2.45) is 0 Å². The summed E-state index contributed by atoms with van der Waals surface area (Å²) in [5.74, 6) is 1.50. The van der Waals surface area contributed by atoms with Crippen molar-refractivity contribution in [3.8, 4) is 22.1 Å². The summed E-state index contributed by atoms with van der Waals surface area (Å²) in [6, 6.07) is 20.4. The average Bonchev–Trinajstić information content (AvgIpc) is 3.23. The lowest BCUT2D eigenvalue weighted by atomic mass is 10.2. The fourth-order valence-corrected chi connectivity index (χ4v) is 3.95. The molecule has 2 heterocycles. The molecule has 0 unspecified atom stereocenters. The van der Waals surface area contributed by atoms with E-state index < -0.39 is 12.6 Å². The van der Waals surface area contributed by atoms with Crippen molar-refractivity contribution in [2.75, 3.05) is 11.9 Å². The normalized spacial score (nSPS) is 11.3. The molecule has 164 valence electrons. The highest BCUT2D eigenvalue weighted by atomic mass is 32.1. The summed E-state index contributed by atoms with van der Waals surface area (Å²) in [5, 5.41) is 6.02. The minimum absolute atomic E-state index is 0.00366.